The number of nitrogens with one attached hydrogen (secondary N) is 1. The second kappa shape index (κ2) is 9.18. The molecule has 0 bridgehead atoms. The third-order valence-corrected chi connectivity index (χ3v) is 7.15. The molecule has 1 unspecified atom stereocenters. The molecule has 0 amide bonds. The fourth-order valence-electron chi connectivity index (χ4n) is 5.11. The SMILES string of the molecule is CN1CCC(F)(CCCC2C=NC(c3ccc(F)cc3)=C(c3ccnc4[nH]ccc34)C2)CC1. The molecule has 2 aromatic heterocycles. The van der Waals surface area contributed by atoms with Crippen LogP contribution < -0.4 is 0 Å². The number of aromatic amines is 1. The highest BCUT2D eigenvalue weighted by Crippen LogP contribution is 2.40. The van der Waals surface area contributed by atoms with Gasteiger partial charge >= 0.3 is 0 Å². The van der Waals surface area contributed by atoms with Gasteiger partial charge in [0.25, 0.3) is 0 Å². The first-order valence-corrected chi connectivity index (χ1v) is 11.8. The quantitative estimate of drug-likeness (QED) is 0.483. The van der Waals surface area contributed by atoms with Crippen LogP contribution in [0.5, 0.6) is 0 Å². The molecular formula is C27H30F2N4. The molecule has 1 saturated heterocycles. The number of hydrogen-bond acceptors (Lipinski definition) is 3. The Hall–Kier alpha value is -2.86. The van der Waals surface area contributed by atoms with Crippen molar-refractivity contribution in [3.63, 3.8) is 0 Å². The van der Waals surface area contributed by atoms with Crippen LogP contribution in [0.3, 0.4) is 0 Å². The van der Waals surface area contributed by atoms with Crippen molar-refractivity contribution in [1.82, 2.24) is 14.9 Å². The highest BCUT2D eigenvalue weighted by atomic mass is 19.1. The summed E-state index contributed by atoms with van der Waals surface area (Å²) in [6.45, 7) is 1.67. The molecule has 2 aliphatic rings. The van der Waals surface area contributed by atoms with E-state index in [0.29, 0.717) is 19.3 Å². The van der Waals surface area contributed by atoms with Crippen LogP contribution in [0.15, 0.2) is 53.8 Å². The number of aromatic nitrogens is 2. The molecule has 4 nitrogen and oxygen atoms in total. The lowest BCUT2D eigenvalue weighted by Crippen LogP contribution is -2.39. The van der Waals surface area contributed by atoms with Crippen molar-refractivity contribution in [3.8, 4) is 0 Å². The van der Waals surface area contributed by atoms with Crippen molar-refractivity contribution in [2.24, 2.45) is 10.9 Å². The fourth-order valence-corrected chi connectivity index (χ4v) is 5.11. The van der Waals surface area contributed by atoms with Crippen molar-refractivity contribution in [3.05, 3.63) is 65.7 Å². The first-order chi connectivity index (χ1) is 16.0. The number of benzene rings is 1. The number of rotatable bonds is 6. The van der Waals surface area contributed by atoms with E-state index in [9.17, 15) is 4.39 Å². The van der Waals surface area contributed by atoms with Gasteiger partial charge in [0.1, 0.15) is 17.1 Å². The largest absolute Gasteiger partial charge is 0.346 e. The van der Waals surface area contributed by atoms with Gasteiger partial charge in [-0.15, -0.1) is 0 Å². The van der Waals surface area contributed by atoms with Crippen LogP contribution in [0.4, 0.5) is 8.78 Å². The molecule has 5 rings (SSSR count). The van der Waals surface area contributed by atoms with Crippen molar-refractivity contribution in [2.75, 3.05) is 20.1 Å². The number of H-pyrrole nitrogens is 1. The van der Waals surface area contributed by atoms with E-state index in [0.717, 1.165) is 65.8 Å². The zero-order valence-corrected chi connectivity index (χ0v) is 19.0. The van der Waals surface area contributed by atoms with Crippen molar-refractivity contribution in [1.29, 1.82) is 0 Å². The number of likely N-dealkylation sites (tertiary alicyclic amines) is 1. The Bertz CT molecular complexity index is 1170. The smallest absolute Gasteiger partial charge is 0.137 e. The lowest BCUT2D eigenvalue weighted by atomic mass is 9.83. The maximum absolute atomic E-state index is 15.2. The van der Waals surface area contributed by atoms with Gasteiger partial charge in [0, 0.05) is 42.6 Å². The average Bonchev–Trinajstić information content (AvgIpc) is 3.31. The number of fused-ring (bicyclic) bond motifs is 1. The minimum Gasteiger partial charge on any atom is -0.346 e. The van der Waals surface area contributed by atoms with E-state index in [-0.39, 0.29) is 11.7 Å². The molecule has 172 valence electrons. The standard InChI is InChI=1S/C27H30F2N4/c1-33-15-11-27(29,12-16-33)10-2-3-19-17-24(22-8-13-30-26-23(22)9-14-31-26)25(32-18-19)20-4-6-21(28)7-5-20/h4-9,13-14,18-19H,2-3,10-12,15-17H2,1H3,(H,30,31). The number of nitrogens with zero attached hydrogens (tertiary/aromatic N) is 3. The second-order valence-corrected chi connectivity index (χ2v) is 9.52. The monoisotopic (exact) mass is 448 g/mol. The Balaban J connectivity index is 1.38. The summed E-state index contributed by atoms with van der Waals surface area (Å²) >= 11 is 0. The Morgan fingerprint density at radius 1 is 1.12 bits per heavy atom. The molecule has 4 heterocycles. The Morgan fingerprint density at radius 3 is 2.70 bits per heavy atom. The Kier molecular flexibility index (Phi) is 6.11. The Morgan fingerprint density at radius 2 is 1.91 bits per heavy atom. The normalized spacial score (nSPS) is 21.1. The summed E-state index contributed by atoms with van der Waals surface area (Å²) in [6.07, 6.45) is 10.2. The first kappa shape index (κ1) is 22.0. The van der Waals surface area contributed by atoms with Crippen LogP contribution in [0.25, 0.3) is 22.3 Å². The molecule has 0 spiro atoms. The van der Waals surface area contributed by atoms with Gasteiger partial charge in [0.2, 0.25) is 0 Å². The van der Waals surface area contributed by atoms with Crippen molar-refractivity contribution >= 4 is 28.5 Å². The minimum absolute atomic E-state index is 0.251. The van der Waals surface area contributed by atoms with Gasteiger partial charge in [-0.25, -0.2) is 13.8 Å². The molecule has 2 aliphatic heterocycles. The van der Waals surface area contributed by atoms with Gasteiger partial charge in [0.05, 0.1) is 5.70 Å². The zero-order chi connectivity index (χ0) is 22.8. The van der Waals surface area contributed by atoms with Crippen LogP contribution in [-0.4, -0.2) is 46.9 Å². The minimum atomic E-state index is -1.03. The van der Waals surface area contributed by atoms with Crippen LogP contribution in [0, 0.1) is 11.7 Å². The van der Waals surface area contributed by atoms with Gasteiger partial charge in [-0.05, 0) is 99.0 Å². The van der Waals surface area contributed by atoms with Crippen LogP contribution in [0.1, 0.15) is 49.7 Å². The molecule has 1 N–H and O–H groups in total. The Labute approximate surface area is 193 Å². The van der Waals surface area contributed by atoms with E-state index in [1.807, 2.05) is 30.7 Å². The summed E-state index contributed by atoms with van der Waals surface area (Å²) in [5, 5.41) is 1.05. The molecule has 1 atom stereocenters. The van der Waals surface area contributed by atoms with Gasteiger partial charge in [0.15, 0.2) is 0 Å². The summed E-state index contributed by atoms with van der Waals surface area (Å²) < 4.78 is 28.7. The zero-order valence-electron chi connectivity index (χ0n) is 19.0. The highest BCUT2D eigenvalue weighted by molar-refractivity contribution is 6.02. The molecule has 0 aliphatic carbocycles. The van der Waals surface area contributed by atoms with E-state index in [4.69, 9.17) is 4.99 Å². The number of aliphatic imine (C=N–C) groups is 1. The molecule has 1 aromatic carbocycles. The van der Waals surface area contributed by atoms with Crippen LogP contribution in [0.2, 0.25) is 0 Å². The van der Waals surface area contributed by atoms with Crippen molar-refractivity contribution < 1.29 is 8.78 Å². The molecule has 33 heavy (non-hydrogen) atoms. The average molecular weight is 449 g/mol. The number of hydrogen-bond donors (Lipinski definition) is 1. The molecule has 1 fully saturated rings. The first-order valence-electron chi connectivity index (χ1n) is 11.8. The van der Waals surface area contributed by atoms with E-state index in [1.165, 1.54) is 12.1 Å². The molecule has 6 heteroatoms. The topological polar surface area (TPSA) is 44.3 Å². The summed E-state index contributed by atoms with van der Waals surface area (Å²) in [5.74, 6) is -0.00854. The van der Waals surface area contributed by atoms with Gasteiger partial charge in [-0.2, -0.15) is 0 Å². The van der Waals surface area contributed by atoms with E-state index >= 15 is 4.39 Å². The highest BCUT2D eigenvalue weighted by Gasteiger charge is 2.33. The summed E-state index contributed by atoms with van der Waals surface area (Å²) in [7, 11) is 2.06. The molecule has 0 radical (unpaired) electrons. The van der Waals surface area contributed by atoms with Gasteiger partial charge < -0.3 is 9.88 Å². The lowest BCUT2D eigenvalue weighted by molar-refractivity contribution is 0.0584. The maximum atomic E-state index is 15.2. The van der Waals surface area contributed by atoms with Gasteiger partial charge in [-0.3, -0.25) is 4.99 Å². The van der Waals surface area contributed by atoms with E-state index in [2.05, 4.69) is 21.9 Å². The number of alkyl halides is 1. The number of halogens is 2. The lowest BCUT2D eigenvalue weighted by Gasteiger charge is -2.34. The number of pyridine rings is 1. The van der Waals surface area contributed by atoms with Crippen LogP contribution in [-0.2, 0) is 0 Å². The van der Waals surface area contributed by atoms with Gasteiger partial charge in [-0.1, -0.05) is 0 Å². The maximum Gasteiger partial charge on any atom is 0.137 e. The molecule has 0 saturated carbocycles. The number of piperidine rings is 1. The fraction of sp³-hybridized carbons (Fsp3) is 0.407. The molecule has 3 aromatic rings. The van der Waals surface area contributed by atoms with Crippen LogP contribution >= 0.6 is 0 Å². The second-order valence-electron chi connectivity index (χ2n) is 9.52. The predicted molar refractivity (Wildman–Crippen MR) is 130 cm³/mol. The summed E-state index contributed by atoms with van der Waals surface area (Å²) in [6, 6.07) is 10.6. The van der Waals surface area contributed by atoms with Crippen molar-refractivity contribution in [2.45, 2.75) is 44.2 Å². The van der Waals surface area contributed by atoms with E-state index < -0.39 is 5.67 Å². The third kappa shape index (κ3) is 4.76. The predicted octanol–water partition coefficient (Wildman–Crippen LogP) is 6.27. The molecular weight excluding hydrogens is 418 g/mol. The third-order valence-electron chi connectivity index (χ3n) is 7.15. The summed E-state index contributed by atoms with van der Waals surface area (Å²) in [5.41, 5.74) is 3.81. The van der Waals surface area contributed by atoms with E-state index in [1.54, 1.807) is 12.1 Å². The summed E-state index contributed by atoms with van der Waals surface area (Å²) in [4.78, 5) is 14.7. The number of allylic oxidation sites excluding steroid dienone is 1.